The van der Waals surface area contributed by atoms with Crippen molar-refractivity contribution in [1.82, 2.24) is 14.6 Å². The number of nitrogens with zero attached hydrogens (tertiary/aromatic N) is 3. The van der Waals surface area contributed by atoms with Gasteiger partial charge in [0.2, 0.25) is 16.8 Å². The first-order chi connectivity index (χ1) is 9.61. The lowest BCUT2D eigenvalue weighted by Crippen LogP contribution is -2.03. The maximum absolute atomic E-state index is 11.4. The van der Waals surface area contributed by atoms with Gasteiger partial charge in [0.15, 0.2) is 0 Å². The molecule has 0 unspecified atom stereocenters. The van der Waals surface area contributed by atoms with Crippen LogP contribution >= 0.6 is 11.3 Å². The van der Waals surface area contributed by atoms with Gasteiger partial charge in [0.1, 0.15) is 0 Å². The molecule has 1 aromatic carbocycles. The average Bonchev–Trinajstić information content (AvgIpc) is 2.99. The lowest BCUT2D eigenvalue weighted by atomic mass is 10.1. The molecule has 0 fully saturated rings. The number of hydrogen-bond donors (Lipinski definition) is 2. The highest BCUT2D eigenvalue weighted by atomic mass is 32.1. The minimum Gasteiger partial charge on any atom is -0.366 e. The van der Waals surface area contributed by atoms with Gasteiger partial charge in [-0.2, -0.15) is 4.98 Å². The summed E-state index contributed by atoms with van der Waals surface area (Å²) in [7, 11) is 0. The van der Waals surface area contributed by atoms with E-state index in [1.54, 1.807) is 15.9 Å². The van der Waals surface area contributed by atoms with E-state index in [-0.39, 0.29) is 11.9 Å². The Kier molecular flexibility index (Phi) is 2.17. The summed E-state index contributed by atoms with van der Waals surface area (Å²) < 4.78 is 1.77. The number of thiazole rings is 1. The minimum atomic E-state index is 0.0364. The average molecular weight is 285 g/mol. The van der Waals surface area contributed by atoms with E-state index in [0.717, 1.165) is 32.3 Å². The number of carbonyl (C=O) groups excluding carboxylic acids is 1. The van der Waals surface area contributed by atoms with Crippen LogP contribution in [0.3, 0.4) is 0 Å². The van der Waals surface area contributed by atoms with Crippen molar-refractivity contribution in [1.29, 1.82) is 0 Å². The molecular weight excluding hydrogens is 274 g/mol. The van der Waals surface area contributed by atoms with Crippen LogP contribution in [-0.2, 0) is 11.2 Å². The Balaban J connectivity index is 1.93. The summed E-state index contributed by atoms with van der Waals surface area (Å²) in [6.45, 7) is 2.03. The standard InChI is InChI=1S/C13H11N5OS/c1-6-11(18-13(20-6)16-12(14)17-18)7-2-3-9-8(4-7)5-10(19)15-9/h2-4H,5H2,1H3,(H2,14,17)(H,15,19). The molecule has 1 aliphatic rings. The van der Waals surface area contributed by atoms with E-state index >= 15 is 0 Å². The summed E-state index contributed by atoms with van der Waals surface area (Å²) in [5.74, 6) is 0.310. The first kappa shape index (κ1) is 11.4. The molecule has 20 heavy (non-hydrogen) atoms. The lowest BCUT2D eigenvalue weighted by Gasteiger charge is -2.04. The Morgan fingerprint density at radius 2 is 2.30 bits per heavy atom. The van der Waals surface area contributed by atoms with Gasteiger partial charge in [-0.3, -0.25) is 4.79 Å². The zero-order chi connectivity index (χ0) is 13.9. The number of amides is 1. The molecule has 0 bridgehead atoms. The third kappa shape index (κ3) is 1.53. The van der Waals surface area contributed by atoms with Gasteiger partial charge in [-0.15, -0.1) is 5.10 Å². The van der Waals surface area contributed by atoms with Crippen LogP contribution in [0.2, 0.25) is 0 Å². The topological polar surface area (TPSA) is 85.3 Å². The molecule has 3 heterocycles. The largest absolute Gasteiger partial charge is 0.366 e. The van der Waals surface area contributed by atoms with Crippen LogP contribution in [0.15, 0.2) is 18.2 Å². The number of aryl methyl sites for hydroxylation is 1. The molecule has 0 radical (unpaired) electrons. The van der Waals surface area contributed by atoms with Crippen LogP contribution in [0, 0.1) is 6.92 Å². The van der Waals surface area contributed by atoms with Crippen LogP contribution < -0.4 is 11.1 Å². The van der Waals surface area contributed by atoms with Gasteiger partial charge in [-0.1, -0.05) is 17.4 Å². The maximum Gasteiger partial charge on any atom is 0.241 e. The summed E-state index contributed by atoms with van der Waals surface area (Å²) in [5.41, 5.74) is 9.56. The third-order valence-corrected chi connectivity index (χ3v) is 4.33. The first-order valence-corrected chi connectivity index (χ1v) is 6.98. The van der Waals surface area contributed by atoms with Crippen molar-refractivity contribution in [2.24, 2.45) is 0 Å². The van der Waals surface area contributed by atoms with Crippen LogP contribution in [-0.4, -0.2) is 20.5 Å². The molecule has 100 valence electrons. The van der Waals surface area contributed by atoms with Crippen LogP contribution in [0.25, 0.3) is 16.2 Å². The smallest absolute Gasteiger partial charge is 0.241 e. The van der Waals surface area contributed by atoms with Gasteiger partial charge in [-0.25, -0.2) is 4.52 Å². The molecule has 0 aliphatic carbocycles. The van der Waals surface area contributed by atoms with Crippen molar-refractivity contribution in [2.75, 3.05) is 11.1 Å². The number of rotatable bonds is 1. The van der Waals surface area contributed by atoms with Crippen LogP contribution in [0.4, 0.5) is 11.6 Å². The van der Waals surface area contributed by atoms with Gasteiger partial charge < -0.3 is 11.1 Å². The highest BCUT2D eigenvalue weighted by Gasteiger charge is 2.20. The van der Waals surface area contributed by atoms with Gasteiger partial charge in [0.05, 0.1) is 12.1 Å². The number of anilines is 2. The number of nitrogens with two attached hydrogens (primary N) is 1. The molecule has 4 rings (SSSR count). The Labute approximate surface area is 118 Å². The molecule has 3 N–H and O–H groups in total. The third-order valence-electron chi connectivity index (χ3n) is 3.39. The van der Waals surface area contributed by atoms with Gasteiger partial charge in [0.25, 0.3) is 0 Å². The van der Waals surface area contributed by atoms with E-state index in [1.807, 2.05) is 25.1 Å². The Morgan fingerprint density at radius 3 is 3.15 bits per heavy atom. The molecule has 0 saturated heterocycles. The van der Waals surface area contributed by atoms with Crippen molar-refractivity contribution in [3.63, 3.8) is 0 Å². The SMILES string of the molecule is Cc1sc2nc(N)nn2c1-c1ccc2c(c1)CC(=O)N2. The molecule has 2 aromatic heterocycles. The minimum absolute atomic E-state index is 0.0364. The van der Waals surface area contributed by atoms with Crippen LogP contribution in [0.1, 0.15) is 10.4 Å². The van der Waals surface area contributed by atoms with Gasteiger partial charge in [-0.05, 0) is 24.6 Å². The van der Waals surface area contributed by atoms with Crippen molar-refractivity contribution in [3.8, 4) is 11.3 Å². The lowest BCUT2D eigenvalue weighted by molar-refractivity contribution is -0.115. The fourth-order valence-corrected chi connectivity index (χ4v) is 3.49. The number of carbonyl (C=O) groups is 1. The molecule has 0 saturated carbocycles. The summed E-state index contributed by atoms with van der Waals surface area (Å²) in [4.78, 5) is 17.5. The number of nitrogens with one attached hydrogen (secondary N) is 1. The van der Waals surface area contributed by atoms with E-state index in [1.165, 1.54) is 0 Å². The van der Waals surface area contributed by atoms with E-state index in [2.05, 4.69) is 15.4 Å². The Hall–Kier alpha value is -2.41. The highest BCUT2D eigenvalue weighted by Crippen LogP contribution is 2.34. The molecular formula is C13H11N5OS. The quantitative estimate of drug-likeness (QED) is 0.714. The molecule has 0 atom stereocenters. The molecule has 1 aliphatic heterocycles. The Morgan fingerprint density at radius 1 is 1.45 bits per heavy atom. The summed E-state index contributed by atoms with van der Waals surface area (Å²) >= 11 is 1.56. The maximum atomic E-state index is 11.4. The molecule has 6 nitrogen and oxygen atoms in total. The fourth-order valence-electron chi connectivity index (χ4n) is 2.56. The normalized spacial score (nSPS) is 13.8. The van der Waals surface area contributed by atoms with E-state index < -0.39 is 0 Å². The number of benzene rings is 1. The molecule has 0 spiro atoms. The van der Waals surface area contributed by atoms with Gasteiger partial charge in [0, 0.05) is 16.1 Å². The summed E-state index contributed by atoms with van der Waals surface area (Å²) in [5, 5.41) is 7.06. The van der Waals surface area contributed by atoms with Crippen molar-refractivity contribution < 1.29 is 4.79 Å². The zero-order valence-electron chi connectivity index (χ0n) is 10.7. The second kappa shape index (κ2) is 3.80. The second-order valence-corrected chi connectivity index (χ2v) is 5.95. The second-order valence-electron chi connectivity index (χ2n) is 4.77. The first-order valence-electron chi connectivity index (χ1n) is 6.16. The van der Waals surface area contributed by atoms with Crippen LogP contribution in [0.5, 0.6) is 0 Å². The molecule has 3 aromatic rings. The number of aromatic nitrogens is 3. The zero-order valence-corrected chi connectivity index (χ0v) is 11.5. The van der Waals surface area contributed by atoms with E-state index in [9.17, 15) is 4.79 Å². The Bertz CT molecular complexity index is 863. The van der Waals surface area contributed by atoms with E-state index in [4.69, 9.17) is 5.73 Å². The highest BCUT2D eigenvalue weighted by molar-refractivity contribution is 7.17. The molecule has 1 amide bonds. The number of nitrogen functional groups attached to an aromatic ring is 1. The van der Waals surface area contributed by atoms with Crippen molar-refractivity contribution >= 4 is 33.8 Å². The number of hydrogen-bond acceptors (Lipinski definition) is 5. The summed E-state index contributed by atoms with van der Waals surface area (Å²) in [6.07, 6.45) is 0.426. The molecule has 7 heteroatoms. The number of fused-ring (bicyclic) bond motifs is 2. The van der Waals surface area contributed by atoms with E-state index in [0.29, 0.717) is 6.42 Å². The predicted octanol–water partition coefficient (Wildman–Crippen LogP) is 1.84. The monoisotopic (exact) mass is 285 g/mol. The van der Waals surface area contributed by atoms with Crippen molar-refractivity contribution in [3.05, 3.63) is 28.6 Å². The van der Waals surface area contributed by atoms with Crippen molar-refractivity contribution in [2.45, 2.75) is 13.3 Å². The fraction of sp³-hybridized carbons (Fsp3) is 0.154. The van der Waals surface area contributed by atoms with Gasteiger partial charge >= 0.3 is 0 Å². The summed E-state index contributed by atoms with van der Waals surface area (Å²) in [6, 6.07) is 5.94. The predicted molar refractivity (Wildman–Crippen MR) is 77.8 cm³/mol.